The molecule has 1 aliphatic rings. The Morgan fingerprint density at radius 2 is 1.68 bits per heavy atom. The number of alkyl halides is 3. The molecule has 2 aromatic carbocycles. The SMILES string of the molecule is O=C1CCS(=O)(=O)N1c1ccc(S(=O)(=O)Nc2cccc(C(F)(F)F)c2)cc1. The predicted molar refractivity (Wildman–Crippen MR) is 94.6 cm³/mol. The number of anilines is 2. The molecule has 7 nitrogen and oxygen atoms in total. The molecule has 2 aromatic rings. The summed E-state index contributed by atoms with van der Waals surface area (Å²) in [7, 11) is -8.02. The summed E-state index contributed by atoms with van der Waals surface area (Å²) in [6.07, 6.45) is -4.80. The number of nitrogens with zero attached hydrogens (tertiary/aromatic N) is 1. The summed E-state index contributed by atoms with van der Waals surface area (Å²) in [6.45, 7) is 0. The van der Waals surface area contributed by atoms with Crippen molar-refractivity contribution in [3.05, 3.63) is 54.1 Å². The second-order valence-electron chi connectivity index (χ2n) is 5.90. The van der Waals surface area contributed by atoms with Gasteiger partial charge in [0, 0.05) is 12.1 Å². The van der Waals surface area contributed by atoms with Gasteiger partial charge in [0.2, 0.25) is 15.9 Å². The number of hydrogen-bond donors (Lipinski definition) is 1. The quantitative estimate of drug-likeness (QED) is 0.797. The van der Waals surface area contributed by atoms with Crippen LogP contribution in [0.2, 0.25) is 0 Å². The van der Waals surface area contributed by atoms with Crippen LogP contribution in [0, 0.1) is 0 Å². The van der Waals surface area contributed by atoms with Gasteiger partial charge < -0.3 is 0 Å². The first kappa shape index (κ1) is 20.1. The molecule has 0 aromatic heterocycles. The molecule has 1 N–H and O–H groups in total. The summed E-state index contributed by atoms with van der Waals surface area (Å²) in [5, 5.41) is 0. The molecule has 0 radical (unpaired) electrons. The Labute approximate surface area is 158 Å². The van der Waals surface area contributed by atoms with Crippen LogP contribution in [-0.2, 0) is 31.0 Å². The van der Waals surface area contributed by atoms with Crippen LogP contribution in [0.3, 0.4) is 0 Å². The zero-order chi connectivity index (χ0) is 20.7. The first-order valence-electron chi connectivity index (χ1n) is 7.76. The van der Waals surface area contributed by atoms with E-state index in [1.807, 2.05) is 4.72 Å². The van der Waals surface area contributed by atoms with Gasteiger partial charge in [-0.15, -0.1) is 0 Å². The van der Waals surface area contributed by atoms with E-state index < -0.39 is 37.7 Å². The third-order valence-corrected chi connectivity index (χ3v) is 6.99. The van der Waals surface area contributed by atoms with Crippen LogP contribution in [0.15, 0.2) is 53.4 Å². The third kappa shape index (κ3) is 3.97. The first-order valence-corrected chi connectivity index (χ1v) is 10.9. The van der Waals surface area contributed by atoms with Crippen molar-refractivity contribution in [1.29, 1.82) is 0 Å². The average molecular weight is 434 g/mol. The Hall–Kier alpha value is -2.60. The van der Waals surface area contributed by atoms with E-state index in [2.05, 4.69) is 0 Å². The van der Waals surface area contributed by atoms with Crippen molar-refractivity contribution in [2.24, 2.45) is 0 Å². The van der Waals surface area contributed by atoms with E-state index in [0.717, 1.165) is 42.5 Å². The molecular weight excluding hydrogens is 421 g/mol. The highest BCUT2D eigenvalue weighted by Gasteiger charge is 2.36. The molecule has 12 heteroatoms. The first-order chi connectivity index (χ1) is 12.9. The standard InChI is InChI=1S/C16H13F3N2O5S2/c17-16(18,19)11-2-1-3-12(10-11)20-28(25,26)14-6-4-13(5-7-14)21-15(22)8-9-27(21,23)24/h1-7,10,20H,8-9H2. The van der Waals surface area contributed by atoms with Gasteiger partial charge >= 0.3 is 6.18 Å². The zero-order valence-corrected chi connectivity index (χ0v) is 15.6. The lowest BCUT2D eigenvalue weighted by Gasteiger charge is -2.15. The molecule has 1 saturated heterocycles. The minimum atomic E-state index is -4.63. The minimum absolute atomic E-state index is 0.0134. The van der Waals surface area contributed by atoms with Gasteiger partial charge in [0.05, 0.1) is 21.9 Å². The van der Waals surface area contributed by atoms with Crippen molar-refractivity contribution >= 4 is 37.3 Å². The molecule has 28 heavy (non-hydrogen) atoms. The largest absolute Gasteiger partial charge is 0.416 e. The fourth-order valence-electron chi connectivity index (χ4n) is 2.60. The number of halogens is 3. The Morgan fingerprint density at radius 3 is 2.21 bits per heavy atom. The van der Waals surface area contributed by atoms with Crippen LogP contribution >= 0.6 is 0 Å². The maximum absolute atomic E-state index is 12.8. The Balaban J connectivity index is 1.86. The molecule has 150 valence electrons. The molecule has 0 saturated carbocycles. The normalized spacial score (nSPS) is 17.0. The summed E-state index contributed by atoms with van der Waals surface area (Å²) >= 11 is 0. The lowest BCUT2D eigenvalue weighted by molar-refractivity contribution is -0.137. The van der Waals surface area contributed by atoms with Gasteiger partial charge in [-0.1, -0.05) is 6.07 Å². The Morgan fingerprint density at radius 1 is 1.04 bits per heavy atom. The fourth-order valence-corrected chi connectivity index (χ4v) is 5.11. The number of sulfonamides is 2. The molecule has 3 rings (SSSR count). The van der Waals surface area contributed by atoms with Crippen LogP contribution in [0.25, 0.3) is 0 Å². The van der Waals surface area contributed by atoms with E-state index in [4.69, 9.17) is 0 Å². The van der Waals surface area contributed by atoms with E-state index >= 15 is 0 Å². The van der Waals surface area contributed by atoms with Crippen LogP contribution in [0.1, 0.15) is 12.0 Å². The maximum Gasteiger partial charge on any atom is 0.416 e. The Bertz CT molecular complexity index is 1130. The van der Waals surface area contributed by atoms with E-state index in [1.165, 1.54) is 0 Å². The van der Waals surface area contributed by atoms with Crippen LogP contribution in [0.4, 0.5) is 24.5 Å². The predicted octanol–water partition coefficient (Wildman–Crippen LogP) is 2.57. The van der Waals surface area contributed by atoms with Crippen LogP contribution < -0.4 is 9.03 Å². The molecular formula is C16H13F3N2O5S2. The van der Waals surface area contributed by atoms with Gasteiger partial charge in [-0.25, -0.2) is 21.1 Å². The lowest BCUT2D eigenvalue weighted by Crippen LogP contribution is -2.29. The molecule has 1 fully saturated rings. The number of rotatable bonds is 4. The van der Waals surface area contributed by atoms with Gasteiger partial charge in [-0.2, -0.15) is 13.2 Å². The summed E-state index contributed by atoms with van der Waals surface area (Å²) in [5.41, 5.74) is -1.31. The molecule has 1 aliphatic heterocycles. The average Bonchev–Trinajstić information content (AvgIpc) is 2.87. The minimum Gasteiger partial charge on any atom is -0.280 e. The van der Waals surface area contributed by atoms with Crippen molar-refractivity contribution < 1.29 is 34.8 Å². The van der Waals surface area contributed by atoms with Crippen molar-refractivity contribution in [3.8, 4) is 0 Å². The van der Waals surface area contributed by atoms with Gasteiger partial charge in [-0.05, 0) is 42.5 Å². The summed E-state index contributed by atoms with van der Waals surface area (Å²) in [6, 6.07) is 8.09. The molecule has 0 atom stereocenters. The van der Waals surface area contributed by atoms with E-state index in [1.54, 1.807) is 0 Å². The number of nitrogens with one attached hydrogen (secondary N) is 1. The molecule has 0 unspecified atom stereocenters. The van der Waals surface area contributed by atoms with Crippen molar-refractivity contribution in [3.63, 3.8) is 0 Å². The van der Waals surface area contributed by atoms with E-state index in [-0.39, 0.29) is 28.4 Å². The van der Waals surface area contributed by atoms with Crippen molar-refractivity contribution in [2.75, 3.05) is 14.8 Å². The number of amides is 1. The van der Waals surface area contributed by atoms with Gasteiger partial charge in [-0.3, -0.25) is 9.52 Å². The fraction of sp³-hybridized carbons (Fsp3) is 0.188. The lowest BCUT2D eigenvalue weighted by atomic mass is 10.2. The zero-order valence-electron chi connectivity index (χ0n) is 14.0. The molecule has 0 spiro atoms. The van der Waals surface area contributed by atoms with Gasteiger partial charge in [0.1, 0.15) is 0 Å². The Kier molecular flexibility index (Phi) is 4.88. The topological polar surface area (TPSA) is 101 Å². The van der Waals surface area contributed by atoms with Gasteiger partial charge in [0.15, 0.2) is 0 Å². The number of carbonyl (C=O) groups excluding carboxylic acids is 1. The third-order valence-electron chi connectivity index (χ3n) is 3.90. The van der Waals surface area contributed by atoms with Crippen molar-refractivity contribution in [2.45, 2.75) is 17.5 Å². The highest BCUT2D eigenvalue weighted by atomic mass is 32.2. The second kappa shape index (κ2) is 6.78. The highest BCUT2D eigenvalue weighted by molar-refractivity contribution is 7.94. The molecule has 0 bridgehead atoms. The number of benzene rings is 2. The van der Waals surface area contributed by atoms with E-state index in [9.17, 15) is 34.8 Å². The smallest absolute Gasteiger partial charge is 0.280 e. The summed E-state index contributed by atoms with van der Waals surface area (Å²) in [4.78, 5) is 11.4. The van der Waals surface area contributed by atoms with Crippen LogP contribution in [-0.4, -0.2) is 28.5 Å². The maximum atomic E-state index is 12.8. The monoisotopic (exact) mass is 434 g/mol. The summed E-state index contributed by atoms with van der Waals surface area (Å²) < 4.78 is 89.5. The van der Waals surface area contributed by atoms with Crippen molar-refractivity contribution in [1.82, 2.24) is 0 Å². The highest BCUT2D eigenvalue weighted by Crippen LogP contribution is 2.31. The van der Waals surface area contributed by atoms with Gasteiger partial charge in [0.25, 0.3) is 10.0 Å². The number of carbonyl (C=O) groups is 1. The molecule has 1 heterocycles. The van der Waals surface area contributed by atoms with E-state index in [0.29, 0.717) is 10.4 Å². The second-order valence-corrected chi connectivity index (χ2v) is 9.52. The van der Waals surface area contributed by atoms with Crippen LogP contribution in [0.5, 0.6) is 0 Å². The summed E-state index contributed by atoms with van der Waals surface area (Å²) in [5.74, 6) is -0.958. The molecule has 0 aliphatic carbocycles. The molecule has 1 amide bonds. The number of hydrogen-bond acceptors (Lipinski definition) is 5.